The van der Waals surface area contributed by atoms with Gasteiger partial charge in [-0.25, -0.2) is 0 Å². The van der Waals surface area contributed by atoms with Gasteiger partial charge in [-0.15, -0.1) is 0 Å². The van der Waals surface area contributed by atoms with Gasteiger partial charge in [-0.05, 0) is 46.0 Å². The van der Waals surface area contributed by atoms with Crippen molar-refractivity contribution in [1.82, 2.24) is 0 Å². The maximum Gasteiger partial charge on any atom is 0.146 e. The van der Waals surface area contributed by atoms with Crippen LogP contribution in [0, 0.1) is 0 Å². The fraction of sp³-hybridized carbons (Fsp3) is 0.133. The van der Waals surface area contributed by atoms with Crippen LogP contribution in [0.4, 0.5) is 0 Å². The van der Waals surface area contributed by atoms with Crippen LogP contribution in [-0.4, -0.2) is 6.29 Å². The normalized spacial score (nSPS) is 14.3. The lowest BCUT2D eigenvalue weighted by Gasteiger charge is -2.04. The van der Waals surface area contributed by atoms with E-state index in [0.29, 0.717) is 0 Å². The lowest BCUT2D eigenvalue weighted by atomic mass is 10.0. The Morgan fingerprint density at radius 2 is 1.81 bits per heavy atom. The Kier molecular flexibility index (Phi) is 1.93. The van der Waals surface area contributed by atoms with Crippen molar-refractivity contribution in [3.8, 4) is 0 Å². The van der Waals surface area contributed by atoms with Crippen molar-refractivity contribution >= 4 is 22.6 Å². The molecule has 16 heavy (non-hydrogen) atoms. The quantitative estimate of drug-likeness (QED) is 0.657. The van der Waals surface area contributed by atoms with Crippen molar-refractivity contribution in [2.24, 2.45) is 0 Å². The van der Waals surface area contributed by atoms with Crippen molar-refractivity contribution in [3.63, 3.8) is 0 Å². The molecule has 0 aromatic heterocycles. The molecule has 0 amide bonds. The van der Waals surface area contributed by atoms with Crippen LogP contribution in [0.2, 0.25) is 0 Å². The first kappa shape index (κ1) is 9.34. The third-order valence-electron chi connectivity index (χ3n) is 3.38. The second kappa shape index (κ2) is 3.31. The Balaban J connectivity index is 2.29. The predicted molar refractivity (Wildman–Crippen MR) is 66.3 cm³/mol. The summed E-state index contributed by atoms with van der Waals surface area (Å²) in [5.41, 5.74) is 4.57. The molecule has 0 saturated carbocycles. The number of hydrogen-bond donors (Lipinski definition) is 0. The minimum atomic E-state index is 0.787. The maximum absolute atomic E-state index is 10.9. The van der Waals surface area contributed by atoms with E-state index in [1.54, 1.807) is 0 Å². The Labute approximate surface area is 94.4 Å². The van der Waals surface area contributed by atoms with E-state index in [1.807, 2.05) is 19.1 Å². The number of allylic oxidation sites excluding steroid dienone is 2. The van der Waals surface area contributed by atoms with Crippen LogP contribution in [0.3, 0.4) is 0 Å². The van der Waals surface area contributed by atoms with E-state index in [9.17, 15) is 4.79 Å². The van der Waals surface area contributed by atoms with Crippen molar-refractivity contribution in [3.05, 3.63) is 53.1 Å². The fourth-order valence-electron chi connectivity index (χ4n) is 2.42. The van der Waals surface area contributed by atoms with Gasteiger partial charge in [0.25, 0.3) is 0 Å². The van der Waals surface area contributed by atoms with E-state index in [-0.39, 0.29) is 0 Å². The molecule has 0 unspecified atom stereocenters. The van der Waals surface area contributed by atoms with Crippen LogP contribution in [0.1, 0.15) is 18.1 Å². The summed E-state index contributed by atoms with van der Waals surface area (Å²) >= 11 is 0. The summed E-state index contributed by atoms with van der Waals surface area (Å²) in [5.74, 6) is 0. The van der Waals surface area contributed by atoms with Gasteiger partial charge in [0, 0.05) is 6.42 Å². The number of carbonyl (C=O) groups is 1. The largest absolute Gasteiger partial charge is 0.298 e. The summed E-state index contributed by atoms with van der Waals surface area (Å²) in [5, 5.41) is 2.49. The first-order valence-electron chi connectivity index (χ1n) is 5.46. The van der Waals surface area contributed by atoms with Crippen molar-refractivity contribution in [1.29, 1.82) is 0 Å². The number of rotatable bonds is 1. The van der Waals surface area contributed by atoms with Gasteiger partial charge in [-0.1, -0.05) is 30.3 Å². The van der Waals surface area contributed by atoms with Gasteiger partial charge in [0.05, 0.1) is 0 Å². The Bertz CT molecular complexity index is 620. The second-order valence-electron chi connectivity index (χ2n) is 4.30. The molecule has 2 aromatic rings. The molecular weight excluding hydrogens is 196 g/mol. The Hall–Kier alpha value is -1.89. The maximum atomic E-state index is 10.9. The Morgan fingerprint density at radius 3 is 2.50 bits per heavy atom. The molecule has 0 heterocycles. The fourth-order valence-corrected chi connectivity index (χ4v) is 2.42. The monoisotopic (exact) mass is 208 g/mol. The van der Waals surface area contributed by atoms with Gasteiger partial charge in [0.2, 0.25) is 0 Å². The highest BCUT2D eigenvalue weighted by atomic mass is 16.1. The first-order valence-corrected chi connectivity index (χ1v) is 5.46. The molecule has 0 bridgehead atoms. The van der Waals surface area contributed by atoms with Crippen LogP contribution < -0.4 is 0 Å². The third kappa shape index (κ3) is 1.21. The molecule has 78 valence electrons. The highest BCUT2D eigenvalue weighted by Gasteiger charge is 2.18. The predicted octanol–water partition coefficient (Wildman–Crippen LogP) is 3.37. The van der Waals surface area contributed by atoms with Gasteiger partial charge in [-0.2, -0.15) is 0 Å². The highest BCUT2D eigenvalue weighted by molar-refractivity contribution is 5.96. The van der Waals surface area contributed by atoms with Crippen molar-refractivity contribution in [2.45, 2.75) is 13.3 Å². The number of aldehydes is 1. The number of benzene rings is 2. The number of carbonyl (C=O) groups excluding carboxylic acids is 1. The molecule has 1 aliphatic carbocycles. The zero-order chi connectivity index (χ0) is 11.1. The van der Waals surface area contributed by atoms with E-state index < -0.39 is 0 Å². The molecule has 1 heteroatoms. The zero-order valence-electron chi connectivity index (χ0n) is 9.16. The topological polar surface area (TPSA) is 17.1 Å². The lowest BCUT2D eigenvalue weighted by molar-refractivity contribution is -0.104. The standard InChI is InChI=1S/C15H12O/c1-10-14(9-16)7-13-6-11-4-2-3-5-12(11)8-15(10)13/h2-6,8-9H,7H2,1H3. The van der Waals surface area contributed by atoms with E-state index in [1.165, 1.54) is 21.9 Å². The lowest BCUT2D eigenvalue weighted by Crippen LogP contribution is -1.85. The van der Waals surface area contributed by atoms with Crippen LogP contribution >= 0.6 is 0 Å². The molecule has 0 spiro atoms. The van der Waals surface area contributed by atoms with Crippen LogP contribution in [0.25, 0.3) is 16.3 Å². The highest BCUT2D eigenvalue weighted by Crippen LogP contribution is 2.34. The van der Waals surface area contributed by atoms with Crippen molar-refractivity contribution in [2.75, 3.05) is 0 Å². The average molecular weight is 208 g/mol. The third-order valence-corrected chi connectivity index (χ3v) is 3.38. The van der Waals surface area contributed by atoms with Crippen LogP contribution in [0.5, 0.6) is 0 Å². The summed E-state index contributed by atoms with van der Waals surface area (Å²) in [4.78, 5) is 10.9. The van der Waals surface area contributed by atoms with Gasteiger partial charge in [0.1, 0.15) is 6.29 Å². The molecule has 1 nitrogen and oxygen atoms in total. The van der Waals surface area contributed by atoms with E-state index >= 15 is 0 Å². The minimum absolute atomic E-state index is 0.787. The first-order chi connectivity index (χ1) is 7.79. The molecule has 0 aliphatic heterocycles. The van der Waals surface area contributed by atoms with Gasteiger partial charge in [0.15, 0.2) is 0 Å². The summed E-state index contributed by atoms with van der Waals surface area (Å²) in [6, 6.07) is 12.7. The van der Waals surface area contributed by atoms with E-state index in [4.69, 9.17) is 0 Å². The summed E-state index contributed by atoms with van der Waals surface area (Å²) in [6.07, 6.45) is 1.77. The molecule has 0 N–H and O–H groups in total. The van der Waals surface area contributed by atoms with Gasteiger partial charge in [-0.3, -0.25) is 4.79 Å². The zero-order valence-corrected chi connectivity index (χ0v) is 9.16. The molecule has 0 fully saturated rings. The minimum Gasteiger partial charge on any atom is -0.298 e. The summed E-state index contributed by atoms with van der Waals surface area (Å²) in [6.45, 7) is 2.03. The molecule has 0 radical (unpaired) electrons. The molecular formula is C15H12O. The Morgan fingerprint density at radius 1 is 1.12 bits per heavy atom. The van der Waals surface area contributed by atoms with Gasteiger partial charge >= 0.3 is 0 Å². The van der Waals surface area contributed by atoms with Gasteiger partial charge < -0.3 is 0 Å². The van der Waals surface area contributed by atoms with E-state index in [2.05, 4.69) is 24.3 Å². The van der Waals surface area contributed by atoms with Crippen LogP contribution in [0.15, 0.2) is 42.0 Å². The SMILES string of the molecule is CC1=C(C=O)Cc2cc3ccccc3cc21. The average Bonchev–Trinajstić information content (AvgIpc) is 2.63. The molecule has 0 atom stereocenters. The molecule has 2 aromatic carbocycles. The number of hydrogen-bond acceptors (Lipinski definition) is 1. The molecule has 0 saturated heterocycles. The number of fused-ring (bicyclic) bond motifs is 2. The molecule has 1 aliphatic rings. The molecule has 3 rings (SSSR count). The van der Waals surface area contributed by atoms with Crippen molar-refractivity contribution < 1.29 is 4.79 Å². The summed E-state index contributed by atoms with van der Waals surface area (Å²) < 4.78 is 0. The van der Waals surface area contributed by atoms with Crippen LogP contribution in [-0.2, 0) is 11.2 Å². The summed E-state index contributed by atoms with van der Waals surface area (Å²) in [7, 11) is 0. The smallest absolute Gasteiger partial charge is 0.146 e. The van der Waals surface area contributed by atoms with E-state index in [0.717, 1.165) is 23.9 Å². The second-order valence-corrected chi connectivity index (χ2v) is 4.30.